The van der Waals surface area contributed by atoms with Crippen LogP contribution in [-0.4, -0.2) is 45.2 Å². The third kappa shape index (κ3) is 3.86. The summed E-state index contributed by atoms with van der Waals surface area (Å²) in [6.07, 6.45) is 0.0670. The summed E-state index contributed by atoms with van der Waals surface area (Å²) in [6.45, 7) is 2.01. The standard InChI is InChI=1S/C10H14N4O4S/c1-5-12-10(19-14-5)13-9(17)11-4-6-2-3-7(18-6)8(15)16/h6-7H,2-4H2,1H3,(H,15,16)(H2,11,12,13,14,17). The minimum absolute atomic E-state index is 0.261. The van der Waals surface area contributed by atoms with Gasteiger partial charge in [-0.05, 0) is 19.8 Å². The van der Waals surface area contributed by atoms with Gasteiger partial charge in [-0.1, -0.05) is 0 Å². The van der Waals surface area contributed by atoms with Crippen LogP contribution in [0.15, 0.2) is 0 Å². The van der Waals surface area contributed by atoms with Crippen LogP contribution in [0.4, 0.5) is 9.93 Å². The summed E-state index contributed by atoms with van der Waals surface area (Å²) in [6, 6.07) is -0.404. The summed E-state index contributed by atoms with van der Waals surface area (Å²) in [5, 5.41) is 14.3. The molecule has 3 N–H and O–H groups in total. The highest BCUT2D eigenvalue weighted by Crippen LogP contribution is 2.19. The highest BCUT2D eigenvalue weighted by atomic mass is 32.1. The van der Waals surface area contributed by atoms with Crippen LogP contribution in [0.2, 0.25) is 0 Å². The topological polar surface area (TPSA) is 113 Å². The molecular formula is C10H14N4O4S. The number of hydrogen-bond acceptors (Lipinski definition) is 6. The van der Waals surface area contributed by atoms with Crippen molar-refractivity contribution >= 4 is 28.7 Å². The van der Waals surface area contributed by atoms with E-state index in [4.69, 9.17) is 9.84 Å². The Morgan fingerprint density at radius 2 is 2.32 bits per heavy atom. The van der Waals surface area contributed by atoms with Gasteiger partial charge in [-0.3, -0.25) is 5.32 Å². The number of aliphatic carboxylic acids is 1. The number of carboxylic acid groups (broad SMARTS) is 1. The van der Waals surface area contributed by atoms with Crippen LogP contribution in [0.25, 0.3) is 0 Å². The minimum atomic E-state index is -0.962. The number of aromatic nitrogens is 2. The molecule has 0 aromatic carbocycles. The largest absolute Gasteiger partial charge is 0.479 e. The maximum absolute atomic E-state index is 11.5. The number of ether oxygens (including phenoxy) is 1. The lowest BCUT2D eigenvalue weighted by Gasteiger charge is -2.12. The Morgan fingerprint density at radius 3 is 2.89 bits per heavy atom. The Labute approximate surface area is 113 Å². The number of amides is 2. The van der Waals surface area contributed by atoms with Crippen molar-refractivity contribution in [2.75, 3.05) is 11.9 Å². The summed E-state index contributed by atoms with van der Waals surface area (Å²) < 4.78 is 9.19. The number of carboxylic acids is 1. The summed E-state index contributed by atoms with van der Waals surface area (Å²) >= 11 is 1.10. The van der Waals surface area contributed by atoms with Gasteiger partial charge in [-0.25, -0.2) is 14.6 Å². The third-order valence-corrected chi connectivity index (χ3v) is 3.34. The summed E-state index contributed by atoms with van der Waals surface area (Å²) in [4.78, 5) is 26.2. The fourth-order valence-corrected chi connectivity index (χ4v) is 2.30. The van der Waals surface area contributed by atoms with E-state index >= 15 is 0 Å². The van der Waals surface area contributed by atoms with E-state index in [0.717, 1.165) is 11.5 Å². The number of carbonyl (C=O) groups is 2. The predicted molar refractivity (Wildman–Crippen MR) is 67.2 cm³/mol. The first-order chi connectivity index (χ1) is 9.04. The molecule has 19 heavy (non-hydrogen) atoms. The number of nitrogens with zero attached hydrogens (tertiary/aromatic N) is 2. The number of aryl methyl sites for hydroxylation is 1. The van der Waals surface area contributed by atoms with Crippen molar-refractivity contribution in [1.29, 1.82) is 0 Å². The van der Waals surface area contributed by atoms with Gasteiger partial charge in [-0.2, -0.15) is 4.37 Å². The van der Waals surface area contributed by atoms with Crippen LogP contribution < -0.4 is 10.6 Å². The second kappa shape index (κ2) is 5.93. The molecule has 1 aromatic heterocycles. The van der Waals surface area contributed by atoms with E-state index in [1.165, 1.54) is 0 Å². The van der Waals surface area contributed by atoms with Gasteiger partial charge in [0, 0.05) is 18.1 Å². The van der Waals surface area contributed by atoms with E-state index in [1.807, 2.05) is 0 Å². The molecule has 0 aliphatic carbocycles. The van der Waals surface area contributed by atoms with Gasteiger partial charge in [0.1, 0.15) is 5.82 Å². The van der Waals surface area contributed by atoms with Crippen LogP contribution >= 0.6 is 11.5 Å². The van der Waals surface area contributed by atoms with E-state index in [1.54, 1.807) is 6.92 Å². The number of carbonyl (C=O) groups excluding carboxylic acids is 1. The Balaban J connectivity index is 1.71. The number of rotatable bonds is 4. The van der Waals surface area contributed by atoms with E-state index in [-0.39, 0.29) is 12.6 Å². The quantitative estimate of drug-likeness (QED) is 0.747. The predicted octanol–water partition coefficient (Wildman–Crippen LogP) is 0.600. The smallest absolute Gasteiger partial charge is 0.332 e. The molecular weight excluding hydrogens is 272 g/mol. The van der Waals surface area contributed by atoms with Crippen LogP contribution in [0.3, 0.4) is 0 Å². The molecule has 2 atom stereocenters. The number of anilines is 1. The van der Waals surface area contributed by atoms with Gasteiger partial charge < -0.3 is 15.2 Å². The summed E-state index contributed by atoms with van der Waals surface area (Å²) in [5.41, 5.74) is 0. The molecule has 2 rings (SSSR count). The minimum Gasteiger partial charge on any atom is -0.479 e. The average molecular weight is 286 g/mol. The molecule has 1 aliphatic rings. The molecule has 1 saturated heterocycles. The van der Waals surface area contributed by atoms with Gasteiger partial charge in [0.05, 0.1) is 6.10 Å². The first kappa shape index (κ1) is 13.7. The lowest BCUT2D eigenvalue weighted by molar-refractivity contribution is -0.149. The Bertz CT molecular complexity index is 478. The molecule has 1 fully saturated rings. The Morgan fingerprint density at radius 1 is 1.53 bits per heavy atom. The first-order valence-corrected chi connectivity index (χ1v) is 6.55. The second-order valence-corrected chi connectivity index (χ2v) is 4.90. The average Bonchev–Trinajstić information content (AvgIpc) is 2.96. The van der Waals surface area contributed by atoms with Gasteiger partial charge in [-0.15, -0.1) is 0 Å². The van der Waals surface area contributed by atoms with Crippen molar-refractivity contribution in [3.8, 4) is 0 Å². The zero-order valence-electron chi connectivity index (χ0n) is 10.3. The van der Waals surface area contributed by atoms with Crippen molar-refractivity contribution in [2.24, 2.45) is 0 Å². The SMILES string of the molecule is Cc1nsc(NC(=O)NCC2CCC(C(=O)O)O2)n1. The number of hydrogen-bond donors (Lipinski definition) is 3. The second-order valence-electron chi connectivity index (χ2n) is 4.14. The van der Waals surface area contributed by atoms with Crippen LogP contribution in [0.5, 0.6) is 0 Å². The number of urea groups is 1. The maximum Gasteiger partial charge on any atom is 0.332 e. The third-order valence-electron chi connectivity index (χ3n) is 2.62. The zero-order valence-corrected chi connectivity index (χ0v) is 11.1. The highest BCUT2D eigenvalue weighted by Gasteiger charge is 2.30. The molecule has 104 valence electrons. The van der Waals surface area contributed by atoms with E-state index in [2.05, 4.69) is 20.0 Å². The Kier molecular flexibility index (Phi) is 4.27. The first-order valence-electron chi connectivity index (χ1n) is 5.78. The van der Waals surface area contributed by atoms with Crippen molar-refractivity contribution in [3.05, 3.63) is 5.82 Å². The van der Waals surface area contributed by atoms with Crippen molar-refractivity contribution in [2.45, 2.75) is 32.0 Å². The summed E-state index contributed by atoms with van der Waals surface area (Å²) in [7, 11) is 0. The van der Waals surface area contributed by atoms with Crippen LogP contribution in [-0.2, 0) is 9.53 Å². The monoisotopic (exact) mass is 286 g/mol. The maximum atomic E-state index is 11.5. The zero-order chi connectivity index (χ0) is 13.8. The number of nitrogens with one attached hydrogen (secondary N) is 2. The van der Waals surface area contributed by atoms with Crippen LogP contribution in [0, 0.1) is 6.92 Å². The van der Waals surface area contributed by atoms with Gasteiger partial charge in [0.25, 0.3) is 0 Å². The normalized spacial score (nSPS) is 22.2. The molecule has 1 aliphatic heterocycles. The molecule has 0 bridgehead atoms. The molecule has 1 aromatic rings. The Hall–Kier alpha value is -1.74. The summed E-state index contributed by atoms with van der Waals surface area (Å²) in [5.74, 6) is -0.361. The van der Waals surface area contributed by atoms with Gasteiger partial charge in [0.2, 0.25) is 5.13 Å². The molecule has 9 heteroatoms. The molecule has 8 nitrogen and oxygen atoms in total. The molecule has 0 saturated carbocycles. The van der Waals surface area contributed by atoms with Gasteiger partial charge >= 0.3 is 12.0 Å². The van der Waals surface area contributed by atoms with E-state index in [9.17, 15) is 9.59 Å². The van der Waals surface area contributed by atoms with E-state index in [0.29, 0.717) is 23.8 Å². The fraction of sp³-hybridized carbons (Fsp3) is 0.600. The fourth-order valence-electron chi connectivity index (χ4n) is 1.73. The molecule has 0 radical (unpaired) electrons. The lowest BCUT2D eigenvalue weighted by Crippen LogP contribution is -2.35. The van der Waals surface area contributed by atoms with Crippen molar-refractivity contribution in [1.82, 2.24) is 14.7 Å². The lowest BCUT2D eigenvalue weighted by atomic mass is 10.2. The molecule has 2 heterocycles. The molecule has 2 unspecified atom stereocenters. The van der Waals surface area contributed by atoms with Crippen LogP contribution in [0.1, 0.15) is 18.7 Å². The van der Waals surface area contributed by atoms with Crippen molar-refractivity contribution < 1.29 is 19.4 Å². The van der Waals surface area contributed by atoms with E-state index < -0.39 is 18.1 Å². The van der Waals surface area contributed by atoms with Gasteiger partial charge in [0.15, 0.2) is 6.10 Å². The molecule has 0 spiro atoms. The highest BCUT2D eigenvalue weighted by molar-refractivity contribution is 7.09. The molecule has 2 amide bonds. The van der Waals surface area contributed by atoms with Crippen molar-refractivity contribution in [3.63, 3.8) is 0 Å².